The SMILES string of the molecule is Cc1ccc(-n2nc(C(=O)NC3CC3)c(=O)n(Cc3cccc(Cl)c3)c2=O)cc1Cl. The lowest BCUT2D eigenvalue weighted by Gasteiger charge is -2.13. The summed E-state index contributed by atoms with van der Waals surface area (Å²) in [7, 11) is 0. The number of halogens is 2. The van der Waals surface area contributed by atoms with Crippen LogP contribution >= 0.6 is 23.2 Å². The van der Waals surface area contributed by atoms with Crippen LogP contribution in [0.3, 0.4) is 0 Å². The van der Waals surface area contributed by atoms with Crippen LogP contribution < -0.4 is 16.6 Å². The molecule has 0 unspecified atom stereocenters. The Morgan fingerprint density at radius 2 is 1.93 bits per heavy atom. The Labute approximate surface area is 181 Å². The zero-order chi connectivity index (χ0) is 21.4. The number of carbonyl (C=O) groups is 1. The zero-order valence-corrected chi connectivity index (χ0v) is 17.6. The molecule has 1 saturated carbocycles. The van der Waals surface area contributed by atoms with Crippen molar-refractivity contribution in [3.8, 4) is 5.69 Å². The molecule has 1 aliphatic rings. The smallest absolute Gasteiger partial charge is 0.348 e. The number of aryl methyl sites for hydroxylation is 1. The van der Waals surface area contributed by atoms with E-state index in [1.165, 1.54) is 0 Å². The van der Waals surface area contributed by atoms with Crippen LogP contribution in [0, 0.1) is 6.92 Å². The van der Waals surface area contributed by atoms with E-state index in [-0.39, 0.29) is 18.3 Å². The molecule has 1 heterocycles. The molecule has 7 nitrogen and oxygen atoms in total. The molecular weight excluding hydrogens is 427 g/mol. The van der Waals surface area contributed by atoms with Crippen molar-refractivity contribution >= 4 is 29.1 Å². The molecule has 1 fully saturated rings. The third-order valence-corrected chi connectivity index (χ3v) is 5.46. The van der Waals surface area contributed by atoms with Gasteiger partial charge in [-0.3, -0.25) is 14.2 Å². The van der Waals surface area contributed by atoms with E-state index in [0.29, 0.717) is 21.3 Å². The number of rotatable bonds is 5. The molecule has 154 valence electrons. The Kier molecular flexibility index (Phi) is 5.49. The molecule has 9 heteroatoms. The van der Waals surface area contributed by atoms with Crippen LogP contribution in [0.5, 0.6) is 0 Å². The summed E-state index contributed by atoms with van der Waals surface area (Å²) in [4.78, 5) is 38.8. The molecule has 1 N–H and O–H groups in total. The molecule has 0 aliphatic heterocycles. The molecule has 0 radical (unpaired) electrons. The molecule has 3 aromatic rings. The van der Waals surface area contributed by atoms with E-state index in [1.807, 2.05) is 6.92 Å². The Hall–Kier alpha value is -2.90. The highest BCUT2D eigenvalue weighted by Crippen LogP contribution is 2.20. The molecule has 30 heavy (non-hydrogen) atoms. The summed E-state index contributed by atoms with van der Waals surface area (Å²) in [6.07, 6.45) is 1.71. The van der Waals surface area contributed by atoms with Crippen LogP contribution in [-0.4, -0.2) is 26.3 Å². The molecule has 1 amide bonds. The van der Waals surface area contributed by atoms with Crippen molar-refractivity contribution in [1.82, 2.24) is 19.7 Å². The number of carbonyl (C=O) groups excluding carboxylic acids is 1. The van der Waals surface area contributed by atoms with Gasteiger partial charge in [0, 0.05) is 16.1 Å². The first kappa shape index (κ1) is 20.4. The van der Waals surface area contributed by atoms with E-state index in [4.69, 9.17) is 23.2 Å². The van der Waals surface area contributed by atoms with E-state index in [9.17, 15) is 14.4 Å². The van der Waals surface area contributed by atoms with E-state index in [2.05, 4.69) is 10.4 Å². The van der Waals surface area contributed by atoms with Crippen molar-refractivity contribution < 1.29 is 4.79 Å². The standard InChI is InChI=1S/C21H18Cl2N4O3/c1-12-5-8-16(10-17(12)23)27-21(30)26(11-13-3-2-4-14(22)9-13)20(29)18(25-27)19(28)24-15-6-7-15/h2-5,8-10,15H,6-7,11H2,1H3,(H,24,28). The van der Waals surface area contributed by atoms with Crippen LogP contribution in [-0.2, 0) is 6.54 Å². The minimum absolute atomic E-state index is 0.0364. The Morgan fingerprint density at radius 3 is 2.60 bits per heavy atom. The second-order valence-electron chi connectivity index (χ2n) is 7.25. The molecule has 0 atom stereocenters. The summed E-state index contributed by atoms with van der Waals surface area (Å²) in [5.41, 5.74) is 0.0500. The monoisotopic (exact) mass is 444 g/mol. The highest BCUT2D eigenvalue weighted by molar-refractivity contribution is 6.31. The van der Waals surface area contributed by atoms with Gasteiger partial charge in [-0.2, -0.15) is 9.78 Å². The number of amides is 1. The third kappa shape index (κ3) is 4.17. The average molecular weight is 445 g/mol. The zero-order valence-electron chi connectivity index (χ0n) is 16.1. The highest BCUT2D eigenvalue weighted by atomic mass is 35.5. The number of nitrogens with one attached hydrogen (secondary N) is 1. The van der Waals surface area contributed by atoms with Crippen molar-refractivity contribution in [2.24, 2.45) is 0 Å². The van der Waals surface area contributed by atoms with Gasteiger partial charge in [0.25, 0.3) is 11.5 Å². The molecular formula is C21H18Cl2N4O3. The van der Waals surface area contributed by atoms with Gasteiger partial charge >= 0.3 is 5.69 Å². The van der Waals surface area contributed by atoms with Crippen molar-refractivity contribution in [3.05, 3.63) is 90.2 Å². The first-order valence-corrected chi connectivity index (χ1v) is 10.1. The molecule has 0 saturated heterocycles. The Morgan fingerprint density at radius 1 is 1.17 bits per heavy atom. The van der Waals surface area contributed by atoms with Gasteiger partial charge < -0.3 is 5.32 Å². The van der Waals surface area contributed by atoms with Gasteiger partial charge in [-0.25, -0.2) is 4.79 Å². The predicted octanol–water partition coefficient (Wildman–Crippen LogP) is 2.95. The van der Waals surface area contributed by atoms with Crippen LogP contribution in [0.1, 0.15) is 34.5 Å². The van der Waals surface area contributed by atoms with Gasteiger partial charge in [0.2, 0.25) is 5.69 Å². The van der Waals surface area contributed by atoms with Crippen LogP contribution in [0.2, 0.25) is 10.0 Å². The maximum Gasteiger partial charge on any atom is 0.352 e. The maximum absolute atomic E-state index is 13.1. The average Bonchev–Trinajstić information content (AvgIpc) is 3.51. The summed E-state index contributed by atoms with van der Waals surface area (Å²) in [6.45, 7) is 1.78. The molecule has 1 aliphatic carbocycles. The summed E-state index contributed by atoms with van der Waals surface area (Å²) < 4.78 is 2.01. The molecule has 1 aromatic heterocycles. The lowest BCUT2D eigenvalue weighted by Crippen LogP contribution is -2.46. The van der Waals surface area contributed by atoms with Gasteiger partial charge in [-0.1, -0.05) is 41.4 Å². The molecule has 0 spiro atoms. The minimum atomic E-state index is -0.757. The minimum Gasteiger partial charge on any atom is -0.348 e. The third-order valence-electron chi connectivity index (χ3n) is 4.82. The quantitative estimate of drug-likeness (QED) is 0.655. The first-order chi connectivity index (χ1) is 14.3. The lowest BCUT2D eigenvalue weighted by molar-refractivity contribution is 0.0941. The predicted molar refractivity (Wildman–Crippen MR) is 115 cm³/mol. The largest absolute Gasteiger partial charge is 0.352 e. The summed E-state index contributed by atoms with van der Waals surface area (Å²) >= 11 is 12.2. The van der Waals surface area contributed by atoms with Crippen molar-refractivity contribution in [1.29, 1.82) is 0 Å². The van der Waals surface area contributed by atoms with E-state index < -0.39 is 17.2 Å². The molecule has 0 bridgehead atoms. The fourth-order valence-electron chi connectivity index (χ4n) is 2.98. The maximum atomic E-state index is 13.1. The Bertz CT molecular complexity index is 1260. The Balaban J connectivity index is 1.88. The number of aromatic nitrogens is 3. The van der Waals surface area contributed by atoms with Gasteiger partial charge in [0.1, 0.15) is 0 Å². The van der Waals surface area contributed by atoms with E-state index >= 15 is 0 Å². The van der Waals surface area contributed by atoms with Crippen molar-refractivity contribution in [2.45, 2.75) is 32.4 Å². The second kappa shape index (κ2) is 8.08. The first-order valence-electron chi connectivity index (χ1n) is 9.39. The molecule has 4 rings (SSSR count). The topological polar surface area (TPSA) is 86.0 Å². The van der Waals surface area contributed by atoms with Gasteiger partial charge in [-0.15, -0.1) is 0 Å². The normalized spacial score (nSPS) is 13.3. The van der Waals surface area contributed by atoms with Gasteiger partial charge in [0.15, 0.2) is 0 Å². The number of hydrogen-bond donors (Lipinski definition) is 1. The van der Waals surface area contributed by atoms with Crippen molar-refractivity contribution in [3.63, 3.8) is 0 Å². The van der Waals surface area contributed by atoms with Crippen LogP contribution in [0.25, 0.3) is 5.69 Å². The van der Waals surface area contributed by atoms with Crippen LogP contribution in [0.4, 0.5) is 0 Å². The molecule has 2 aromatic carbocycles. The summed E-state index contributed by atoms with van der Waals surface area (Å²) in [6, 6.07) is 11.8. The lowest BCUT2D eigenvalue weighted by atomic mass is 10.2. The van der Waals surface area contributed by atoms with E-state index in [1.54, 1.807) is 42.5 Å². The number of benzene rings is 2. The fraction of sp³-hybridized carbons (Fsp3) is 0.238. The highest BCUT2D eigenvalue weighted by Gasteiger charge is 2.27. The van der Waals surface area contributed by atoms with Crippen LogP contribution in [0.15, 0.2) is 52.1 Å². The summed E-state index contributed by atoms with van der Waals surface area (Å²) in [5, 5.41) is 7.76. The second-order valence-corrected chi connectivity index (χ2v) is 8.09. The van der Waals surface area contributed by atoms with Gasteiger partial charge in [-0.05, 0) is 55.2 Å². The number of hydrogen-bond acceptors (Lipinski definition) is 4. The van der Waals surface area contributed by atoms with Gasteiger partial charge in [0.05, 0.1) is 12.2 Å². The fourth-order valence-corrected chi connectivity index (χ4v) is 3.37. The van der Waals surface area contributed by atoms with E-state index in [0.717, 1.165) is 27.7 Å². The summed E-state index contributed by atoms with van der Waals surface area (Å²) in [5.74, 6) is -0.602. The number of nitrogens with zero attached hydrogens (tertiary/aromatic N) is 3. The van der Waals surface area contributed by atoms with Crippen molar-refractivity contribution in [2.75, 3.05) is 0 Å².